The number of primary amides is 1. The number of halogens is 3. The smallest absolute Gasteiger partial charge is 0.450 e. The van der Waals surface area contributed by atoms with Crippen LogP contribution in [0.4, 0.5) is 13.2 Å². The molecule has 2 aromatic carbocycles. The molecule has 0 spiro atoms. The molecule has 0 fully saturated rings. The monoisotopic (exact) mass is 486 g/mol. The van der Waals surface area contributed by atoms with Crippen LogP contribution in [-0.2, 0) is 11.3 Å². The van der Waals surface area contributed by atoms with Crippen LogP contribution in [0.15, 0.2) is 72.9 Å². The molecule has 2 heterocycles. The highest BCUT2D eigenvalue weighted by Gasteiger charge is 2.32. The van der Waals surface area contributed by atoms with Gasteiger partial charge in [-0.1, -0.05) is 42.5 Å². The van der Waals surface area contributed by atoms with Crippen molar-refractivity contribution in [2.45, 2.75) is 24.9 Å². The number of nitrogens with zero attached hydrogens (tertiary/aromatic N) is 3. The summed E-state index contributed by atoms with van der Waals surface area (Å²) in [6.45, 7) is -0.285. The van der Waals surface area contributed by atoms with E-state index in [1.54, 1.807) is 53.2 Å². The van der Waals surface area contributed by atoms with Gasteiger partial charge in [-0.3, -0.25) is 9.36 Å². The van der Waals surface area contributed by atoms with Crippen LogP contribution < -0.4 is 15.2 Å². The number of benzene rings is 2. The Morgan fingerprint density at radius 2 is 1.77 bits per heavy atom. The van der Waals surface area contributed by atoms with Crippen LogP contribution in [0.2, 0.25) is 0 Å². The van der Waals surface area contributed by atoms with Gasteiger partial charge in [0.15, 0.2) is 11.8 Å². The topological polar surface area (TPSA) is 112 Å². The van der Waals surface area contributed by atoms with Gasteiger partial charge >= 0.3 is 6.36 Å². The second-order valence-electron chi connectivity index (χ2n) is 7.66. The Hall–Kier alpha value is -4.12. The molecule has 2 atom stereocenters. The SMILES string of the molecule is NC(=O)C(Oc1nc2cccnc2n1Cc1ccc(OC(F)(F)F)cc1)[C@@H](CO)c1ccccc1. The van der Waals surface area contributed by atoms with E-state index in [2.05, 4.69) is 14.7 Å². The molecule has 3 N–H and O–H groups in total. The van der Waals surface area contributed by atoms with Gasteiger partial charge in [-0.15, -0.1) is 13.2 Å². The summed E-state index contributed by atoms with van der Waals surface area (Å²) in [5.41, 5.74) is 7.79. The molecule has 0 saturated heterocycles. The molecular formula is C24H21F3N4O4. The quantitative estimate of drug-likeness (QED) is 0.375. The van der Waals surface area contributed by atoms with E-state index in [4.69, 9.17) is 10.5 Å². The van der Waals surface area contributed by atoms with Crippen molar-refractivity contribution in [1.29, 1.82) is 0 Å². The third-order valence-electron chi connectivity index (χ3n) is 5.27. The number of nitrogens with two attached hydrogens (primary N) is 1. The van der Waals surface area contributed by atoms with E-state index in [-0.39, 0.29) is 18.3 Å². The van der Waals surface area contributed by atoms with Gasteiger partial charge in [0.05, 0.1) is 19.1 Å². The Morgan fingerprint density at radius 3 is 2.40 bits per heavy atom. The maximum atomic E-state index is 12.5. The molecular weight excluding hydrogens is 465 g/mol. The highest BCUT2D eigenvalue weighted by atomic mass is 19.4. The average molecular weight is 486 g/mol. The summed E-state index contributed by atoms with van der Waals surface area (Å²) >= 11 is 0. The molecule has 0 bridgehead atoms. The first-order valence-corrected chi connectivity index (χ1v) is 10.5. The summed E-state index contributed by atoms with van der Waals surface area (Å²) in [5.74, 6) is -1.91. The largest absolute Gasteiger partial charge is 0.573 e. The molecule has 4 aromatic rings. The summed E-state index contributed by atoms with van der Waals surface area (Å²) in [7, 11) is 0. The van der Waals surface area contributed by atoms with Gasteiger partial charge in [-0.05, 0) is 35.4 Å². The number of amides is 1. The van der Waals surface area contributed by atoms with Crippen LogP contribution in [0.5, 0.6) is 11.8 Å². The van der Waals surface area contributed by atoms with Crippen molar-refractivity contribution in [2.24, 2.45) is 5.73 Å². The predicted molar refractivity (Wildman–Crippen MR) is 120 cm³/mol. The summed E-state index contributed by atoms with van der Waals surface area (Å²) in [5, 5.41) is 10.0. The minimum absolute atomic E-state index is 0.0208. The van der Waals surface area contributed by atoms with E-state index in [1.807, 2.05) is 0 Å². The number of aliphatic hydroxyl groups is 1. The Balaban J connectivity index is 1.67. The highest BCUT2D eigenvalue weighted by Crippen LogP contribution is 2.28. The van der Waals surface area contributed by atoms with E-state index in [1.165, 1.54) is 24.3 Å². The van der Waals surface area contributed by atoms with Crippen LogP contribution in [0.25, 0.3) is 11.2 Å². The van der Waals surface area contributed by atoms with Crippen molar-refractivity contribution in [3.8, 4) is 11.8 Å². The van der Waals surface area contributed by atoms with Gasteiger partial charge < -0.3 is 20.3 Å². The molecule has 11 heteroatoms. The summed E-state index contributed by atoms with van der Waals surface area (Å²) in [6, 6.07) is 17.5. The standard InChI is InChI=1S/C24H21F3N4O4/c25-24(26,27)35-17-10-8-15(9-11-17)13-31-22-19(7-4-12-29-22)30-23(31)34-20(21(28)33)18(14-32)16-5-2-1-3-6-16/h1-12,18,20,32H,13-14H2,(H2,28,33)/t18-,20?/m0/s1. The third kappa shape index (κ3) is 5.69. The molecule has 182 valence electrons. The Labute approximate surface area is 197 Å². The number of rotatable bonds is 9. The first kappa shape index (κ1) is 24.0. The van der Waals surface area contributed by atoms with Crippen LogP contribution in [0, 0.1) is 0 Å². The van der Waals surface area contributed by atoms with Crippen molar-refractivity contribution >= 4 is 17.1 Å². The van der Waals surface area contributed by atoms with Crippen molar-refractivity contribution in [1.82, 2.24) is 14.5 Å². The van der Waals surface area contributed by atoms with E-state index < -0.39 is 30.9 Å². The number of aliphatic hydroxyl groups excluding tert-OH is 1. The maximum Gasteiger partial charge on any atom is 0.573 e. The molecule has 1 amide bonds. The summed E-state index contributed by atoms with van der Waals surface area (Å²) in [6.07, 6.45) is -4.49. The number of ether oxygens (including phenoxy) is 2. The number of hydrogen-bond donors (Lipinski definition) is 2. The first-order valence-electron chi connectivity index (χ1n) is 10.5. The first-order chi connectivity index (χ1) is 16.7. The van der Waals surface area contributed by atoms with Crippen molar-refractivity contribution in [2.75, 3.05) is 6.61 Å². The number of fused-ring (bicyclic) bond motifs is 1. The van der Waals surface area contributed by atoms with Crippen LogP contribution in [0.3, 0.4) is 0 Å². The number of pyridine rings is 1. The van der Waals surface area contributed by atoms with Gasteiger partial charge in [0.2, 0.25) is 0 Å². The second kappa shape index (κ2) is 10.0. The third-order valence-corrected chi connectivity index (χ3v) is 5.27. The lowest BCUT2D eigenvalue weighted by molar-refractivity contribution is -0.274. The van der Waals surface area contributed by atoms with E-state index in [0.29, 0.717) is 22.3 Å². The molecule has 0 aliphatic heterocycles. The number of aromatic nitrogens is 3. The van der Waals surface area contributed by atoms with Crippen LogP contribution in [-0.4, -0.2) is 44.6 Å². The highest BCUT2D eigenvalue weighted by molar-refractivity contribution is 5.80. The minimum atomic E-state index is -4.79. The number of imidazole rings is 1. The predicted octanol–water partition coefficient (Wildman–Crippen LogP) is 3.39. The van der Waals surface area contributed by atoms with Crippen LogP contribution >= 0.6 is 0 Å². The Kier molecular flexibility index (Phi) is 6.87. The molecule has 1 unspecified atom stereocenters. The maximum absolute atomic E-state index is 12.5. The normalized spacial score (nSPS) is 13.4. The zero-order valence-electron chi connectivity index (χ0n) is 18.2. The fourth-order valence-electron chi connectivity index (χ4n) is 3.68. The summed E-state index contributed by atoms with van der Waals surface area (Å²) < 4.78 is 48.8. The van der Waals surface area contributed by atoms with Crippen LogP contribution in [0.1, 0.15) is 17.0 Å². The zero-order chi connectivity index (χ0) is 25.0. The van der Waals surface area contributed by atoms with Crippen molar-refractivity contribution < 1.29 is 32.5 Å². The molecule has 35 heavy (non-hydrogen) atoms. The van der Waals surface area contributed by atoms with Gasteiger partial charge in [-0.25, -0.2) is 4.98 Å². The number of alkyl halides is 3. The lowest BCUT2D eigenvalue weighted by Crippen LogP contribution is -2.41. The van der Waals surface area contributed by atoms with E-state index in [9.17, 15) is 23.1 Å². The molecule has 4 rings (SSSR count). The number of carbonyl (C=O) groups excluding carboxylic acids is 1. The lowest BCUT2D eigenvalue weighted by Gasteiger charge is -2.24. The molecule has 0 aliphatic carbocycles. The molecule has 8 nitrogen and oxygen atoms in total. The molecule has 0 radical (unpaired) electrons. The zero-order valence-corrected chi connectivity index (χ0v) is 18.2. The molecule has 2 aromatic heterocycles. The second-order valence-corrected chi connectivity index (χ2v) is 7.66. The van der Waals surface area contributed by atoms with Gasteiger partial charge in [0, 0.05) is 6.20 Å². The Morgan fingerprint density at radius 1 is 1.06 bits per heavy atom. The molecule has 0 aliphatic rings. The van der Waals surface area contributed by atoms with Crippen molar-refractivity contribution in [3.63, 3.8) is 0 Å². The summed E-state index contributed by atoms with van der Waals surface area (Å²) in [4.78, 5) is 21.1. The van der Waals surface area contributed by atoms with E-state index >= 15 is 0 Å². The molecule has 0 saturated carbocycles. The fourth-order valence-corrected chi connectivity index (χ4v) is 3.68. The van der Waals surface area contributed by atoms with Gasteiger partial charge in [0.1, 0.15) is 11.3 Å². The Bertz CT molecular complexity index is 1290. The number of hydrogen-bond acceptors (Lipinski definition) is 6. The van der Waals surface area contributed by atoms with E-state index in [0.717, 1.165) is 0 Å². The van der Waals surface area contributed by atoms with Gasteiger partial charge in [0.25, 0.3) is 11.9 Å². The fraction of sp³-hybridized carbons (Fsp3) is 0.208. The average Bonchev–Trinajstić information content (AvgIpc) is 3.17. The number of carbonyl (C=O) groups is 1. The van der Waals surface area contributed by atoms with Gasteiger partial charge in [-0.2, -0.15) is 4.98 Å². The lowest BCUT2D eigenvalue weighted by atomic mass is 9.93. The van der Waals surface area contributed by atoms with Crippen molar-refractivity contribution in [3.05, 3.63) is 84.1 Å². The minimum Gasteiger partial charge on any atom is -0.450 e.